The number of hydrogen-bond acceptors (Lipinski definition) is 4. The summed E-state index contributed by atoms with van der Waals surface area (Å²) in [5, 5.41) is 14.3. The molecule has 0 aliphatic carbocycles. The van der Waals surface area contributed by atoms with Gasteiger partial charge in [-0.15, -0.1) is 0 Å². The minimum atomic E-state index is -1.25. The predicted octanol–water partition coefficient (Wildman–Crippen LogP) is -1.18. The fraction of sp³-hybridized carbons (Fsp3) is 0.727. The fourth-order valence-electron chi connectivity index (χ4n) is 2.01. The average Bonchev–Trinajstić information content (AvgIpc) is 2.28. The molecular weight excluding hydrogens is 238 g/mol. The van der Waals surface area contributed by atoms with Gasteiger partial charge in [-0.1, -0.05) is 0 Å². The molecule has 0 spiro atoms. The zero-order valence-corrected chi connectivity index (χ0v) is 10.1. The smallest absolute Gasteiger partial charge is 0.326 e. The highest BCUT2D eigenvalue weighted by Gasteiger charge is 2.24. The molecule has 1 aliphatic rings. The maximum absolute atomic E-state index is 11.7. The molecule has 1 rings (SSSR count). The Morgan fingerprint density at radius 2 is 2.17 bits per heavy atom. The van der Waals surface area contributed by atoms with Crippen LogP contribution in [0.15, 0.2) is 0 Å². The Morgan fingerprint density at radius 3 is 2.67 bits per heavy atom. The second kappa shape index (κ2) is 6.95. The number of nitrogens with two attached hydrogens (primary N) is 1. The lowest BCUT2D eigenvalue weighted by Crippen LogP contribution is -2.44. The van der Waals surface area contributed by atoms with E-state index in [-0.39, 0.29) is 24.7 Å². The van der Waals surface area contributed by atoms with Gasteiger partial charge in [-0.3, -0.25) is 9.59 Å². The van der Waals surface area contributed by atoms with Gasteiger partial charge in [0.25, 0.3) is 0 Å². The van der Waals surface area contributed by atoms with Crippen molar-refractivity contribution in [1.82, 2.24) is 10.6 Å². The number of piperidine rings is 1. The summed E-state index contributed by atoms with van der Waals surface area (Å²) in [6.07, 6.45) is 1.86. The summed E-state index contributed by atoms with van der Waals surface area (Å²) in [6.45, 7) is 1.72. The maximum Gasteiger partial charge on any atom is 0.326 e. The third-order valence-corrected chi connectivity index (χ3v) is 2.91. The minimum Gasteiger partial charge on any atom is -0.480 e. The lowest BCUT2D eigenvalue weighted by atomic mass is 9.96. The van der Waals surface area contributed by atoms with Crippen molar-refractivity contribution in [2.75, 3.05) is 13.1 Å². The van der Waals surface area contributed by atoms with Crippen LogP contribution in [0.2, 0.25) is 0 Å². The topological polar surface area (TPSA) is 122 Å². The first-order chi connectivity index (χ1) is 8.49. The molecule has 7 nitrogen and oxygen atoms in total. The van der Waals surface area contributed by atoms with Gasteiger partial charge in [-0.05, 0) is 31.8 Å². The molecule has 2 atom stereocenters. The molecule has 1 saturated heterocycles. The van der Waals surface area contributed by atoms with E-state index in [1.165, 1.54) is 0 Å². The van der Waals surface area contributed by atoms with Crippen molar-refractivity contribution >= 4 is 17.8 Å². The van der Waals surface area contributed by atoms with Gasteiger partial charge >= 0.3 is 5.97 Å². The first-order valence-corrected chi connectivity index (χ1v) is 6.00. The Bertz CT molecular complexity index is 326. The zero-order chi connectivity index (χ0) is 13.5. The standard InChI is InChI=1S/C11H19N3O4/c12-9(15)5-8(11(17)18)14-10(16)4-7-2-1-3-13-6-7/h7-8,13H,1-6H2,(H2,12,15)(H,14,16)(H,17,18)/t7?,8-/m1/s1. The van der Waals surface area contributed by atoms with Crippen molar-refractivity contribution < 1.29 is 19.5 Å². The summed E-state index contributed by atoms with van der Waals surface area (Å²) in [5.41, 5.74) is 4.93. The van der Waals surface area contributed by atoms with Crippen LogP contribution in [0.1, 0.15) is 25.7 Å². The van der Waals surface area contributed by atoms with E-state index >= 15 is 0 Å². The number of hydrogen-bond donors (Lipinski definition) is 4. The Morgan fingerprint density at radius 1 is 1.44 bits per heavy atom. The van der Waals surface area contributed by atoms with Crippen LogP contribution in [-0.4, -0.2) is 42.0 Å². The normalized spacial score (nSPS) is 21.0. The van der Waals surface area contributed by atoms with Crippen LogP contribution in [0.4, 0.5) is 0 Å². The second-order valence-electron chi connectivity index (χ2n) is 4.55. The Labute approximate surface area is 105 Å². The van der Waals surface area contributed by atoms with Gasteiger partial charge in [0.2, 0.25) is 11.8 Å². The van der Waals surface area contributed by atoms with Gasteiger partial charge < -0.3 is 21.5 Å². The van der Waals surface area contributed by atoms with Crippen molar-refractivity contribution in [2.45, 2.75) is 31.7 Å². The number of rotatable bonds is 6. The molecule has 2 amide bonds. The number of aliphatic carboxylic acids is 1. The molecular formula is C11H19N3O4. The van der Waals surface area contributed by atoms with Crippen LogP contribution in [0, 0.1) is 5.92 Å². The summed E-state index contributed by atoms with van der Waals surface area (Å²) < 4.78 is 0. The SMILES string of the molecule is NC(=O)C[C@@H](NC(=O)CC1CCCNC1)C(=O)O. The molecule has 7 heteroatoms. The van der Waals surface area contributed by atoms with Crippen molar-refractivity contribution in [2.24, 2.45) is 11.7 Å². The Balaban J connectivity index is 2.40. The Hall–Kier alpha value is -1.63. The van der Waals surface area contributed by atoms with Crippen molar-refractivity contribution in [3.63, 3.8) is 0 Å². The molecule has 0 aromatic rings. The number of carbonyl (C=O) groups excluding carboxylic acids is 2. The molecule has 0 bridgehead atoms. The number of primary amides is 1. The van der Waals surface area contributed by atoms with Crippen LogP contribution in [-0.2, 0) is 14.4 Å². The van der Waals surface area contributed by atoms with E-state index in [1.54, 1.807) is 0 Å². The quantitative estimate of drug-likeness (QED) is 0.477. The lowest BCUT2D eigenvalue weighted by Gasteiger charge is -2.22. The van der Waals surface area contributed by atoms with Gasteiger partial charge in [0.1, 0.15) is 6.04 Å². The molecule has 0 saturated carbocycles. The van der Waals surface area contributed by atoms with Crippen molar-refractivity contribution in [3.05, 3.63) is 0 Å². The molecule has 1 fully saturated rings. The van der Waals surface area contributed by atoms with Crippen LogP contribution in [0.3, 0.4) is 0 Å². The number of nitrogens with one attached hydrogen (secondary N) is 2. The van der Waals surface area contributed by atoms with Crippen LogP contribution >= 0.6 is 0 Å². The van der Waals surface area contributed by atoms with Gasteiger partial charge in [-0.2, -0.15) is 0 Å². The van der Waals surface area contributed by atoms with E-state index in [4.69, 9.17) is 10.8 Å². The van der Waals surface area contributed by atoms with Crippen molar-refractivity contribution in [1.29, 1.82) is 0 Å². The monoisotopic (exact) mass is 257 g/mol. The van der Waals surface area contributed by atoms with Crippen LogP contribution in [0.5, 0.6) is 0 Å². The molecule has 0 aromatic heterocycles. The van der Waals surface area contributed by atoms with E-state index in [2.05, 4.69) is 10.6 Å². The van der Waals surface area contributed by atoms with Crippen LogP contribution in [0.25, 0.3) is 0 Å². The molecule has 1 heterocycles. The number of carboxylic acid groups (broad SMARTS) is 1. The average molecular weight is 257 g/mol. The molecule has 1 unspecified atom stereocenters. The largest absolute Gasteiger partial charge is 0.480 e. The Kier molecular flexibility index (Phi) is 5.57. The number of carbonyl (C=O) groups is 3. The van der Waals surface area contributed by atoms with Crippen LogP contribution < -0.4 is 16.4 Å². The second-order valence-corrected chi connectivity index (χ2v) is 4.55. The highest BCUT2D eigenvalue weighted by atomic mass is 16.4. The molecule has 18 heavy (non-hydrogen) atoms. The maximum atomic E-state index is 11.7. The lowest BCUT2D eigenvalue weighted by molar-refractivity contribution is -0.143. The summed E-state index contributed by atoms with van der Waals surface area (Å²) in [5.74, 6) is -2.12. The van der Waals surface area contributed by atoms with Crippen molar-refractivity contribution in [3.8, 4) is 0 Å². The van der Waals surface area contributed by atoms with E-state index in [9.17, 15) is 14.4 Å². The first-order valence-electron chi connectivity index (χ1n) is 6.00. The third kappa shape index (κ3) is 5.13. The third-order valence-electron chi connectivity index (χ3n) is 2.91. The summed E-state index contributed by atoms with van der Waals surface area (Å²) in [4.78, 5) is 33.2. The highest BCUT2D eigenvalue weighted by molar-refractivity contribution is 5.88. The summed E-state index contributed by atoms with van der Waals surface area (Å²) in [6, 6.07) is -1.23. The summed E-state index contributed by atoms with van der Waals surface area (Å²) in [7, 11) is 0. The van der Waals surface area contributed by atoms with E-state index in [0.717, 1.165) is 25.9 Å². The molecule has 5 N–H and O–H groups in total. The predicted molar refractivity (Wildman–Crippen MR) is 63.6 cm³/mol. The highest BCUT2D eigenvalue weighted by Crippen LogP contribution is 2.13. The van der Waals surface area contributed by atoms with Gasteiger partial charge in [0.05, 0.1) is 6.42 Å². The number of amides is 2. The summed E-state index contributed by atoms with van der Waals surface area (Å²) >= 11 is 0. The molecule has 1 aliphatic heterocycles. The van der Waals surface area contributed by atoms with E-state index < -0.39 is 17.9 Å². The van der Waals surface area contributed by atoms with Gasteiger partial charge in [0, 0.05) is 6.42 Å². The fourth-order valence-corrected chi connectivity index (χ4v) is 2.01. The minimum absolute atomic E-state index is 0.224. The van der Waals surface area contributed by atoms with E-state index in [0.29, 0.717) is 0 Å². The molecule has 0 radical (unpaired) electrons. The molecule has 102 valence electrons. The first kappa shape index (κ1) is 14.4. The van der Waals surface area contributed by atoms with Gasteiger partial charge in [-0.25, -0.2) is 4.79 Å². The van der Waals surface area contributed by atoms with Gasteiger partial charge in [0.15, 0.2) is 0 Å². The van der Waals surface area contributed by atoms with E-state index in [1.807, 2.05) is 0 Å². The zero-order valence-electron chi connectivity index (χ0n) is 10.1. The molecule has 0 aromatic carbocycles. The number of carboxylic acids is 1.